The van der Waals surface area contributed by atoms with Crippen LogP contribution in [0, 0.1) is 0 Å². The number of aromatic nitrogens is 12. The molecule has 0 bridgehead atoms. The highest BCUT2D eigenvalue weighted by molar-refractivity contribution is 5.43. The number of nitrogens with zero attached hydrogens (tertiary/aromatic N) is 18. The molecule has 3 saturated heterocycles. The molecule has 3 aliphatic rings. The number of piperazine rings is 3. The van der Waals surface area contributed by atoms with Gasteiger partial charge in [-0.05, 0) is 109 Å². The van der Waals surface area contributed by atoms with Crippen molar-refractivity contribution in [1.82, 2.24) is 75.3 Å². The molecule has 6 heterocycles. The van der Waals surface area contributed by atoms with Crippen molar-refractivity contribution in [3.63, 3.8) is 0 Å². The van der Waals surface area contributed by atoms with Gasteiger partial charge in [-0.15, -0.1) is 0 Å². The maximum absolute atomic E-state index is 6.27. The van der Waals surface area contributed by atoms with Crippen LogP contribution in [-0.4, -0.2) is 172 Å². The molecular formula is C59H114N18. The molecular weight excluding hydrogens is 961 g/mol. The number of para-hydroxylation sites is 3. The lowest BCUT2D eigenvalue weighted by Crippen LogP contribution is -2.49. The summed E-state index contributed by atoms with van der Waals surface area (Å²) < 4.78 is 61.9. The molecule has 77 heavy (non-hydrogen) atoms. The number of hydrogen-bond donors (Lipinski definition) is 0. The molecule has 0 radical (unpaired) electrons. The van der Waals surface area contributed by atoms with Gasteiger partial charge in [-0.2, -0.15) is 14.0 Å². The van der Waals surface area contributed by atoms with E-state index >= 15 is 0 Å². The second kappa shape index (κ2) is 47.4. The van der Waals surface area contributed by atoms with E-state index in [9.17, 15) is 0 Å². The molecule has 6 aromatic rings. The largest absolute Gasteiger partial charge is 0.337 e. The van der Waals surface area contributed by atoms with Crippen molar-refractivity contribution in [2.45, 2.75) is 179 Å². The Labute approximate surface area is 484 Å². The SMILES string of the molecule is C.C.C.CC.CC.CC.CC.CC(C)N1CCN(c2nnnn2-c2ccccc2)CC1.CC(C)N1CCN(c2nnnn2-c2ccccc2)CC1.CC(C)N1CCN(c2nnnn2-c2ccccc2)CC1.[2H]C([2H])([2H])C.[2H]C([2H])([2H])C.[2H]C([2H])([2H])C. The minimum absolute atomic E-state index is 0. The average Bonchev–Trinajstić information content (AvgIpc) is 3.26. The van der Waals surface area contributed by atoms with Gasteiger partial charge in [0.05, 0.1) is 17.1 Å². The summed E-state index contributed by atoms with van der Waals surface area (Å²) in [5.41, 5.74) is 3.00. The van der Waals surface area contributed by atoms with Crippen LogP contribution in [0.4, 0.5) is 17.8 Å². The van der Waals surface area contributed by atoms with Crippen LogP contribution in [0.1, 0.15) is 173 Å². The van der Waals surface area contributed by atoms with Gasteiger partial charge in [0.25, 0.3) is 0 Å². The maximum atomic E-state index is 6.27. The minimum atomic E-state index is -1.75. The molecule has 3 fully saturated rings. The molecule has 0 saturated carbocycles. The minimum Gasteiger partial charge on any atom is -0.337 e. The van der Waals surface area contributed by atoms with E-state index < -0.39 is 20.6 Å². The van der Waals surface area contributed by atoms with E-state index in [0.29, 0.717) is 18.1 Å². The summed E-state index contributed by atoms with van der Waals surface area (Å²) in [5.74, 6) is 2.50. The van der Waals surface area contributed by atoms with Crippen LogP contribution in [0.3, 0.4) is 0 Å². The molecule has 0 amide bonds. The number of benzene rings is 3. The van der Waals surface area contributed by atoms with Gasteiger partial charge < -0.3 is 14.7 Å². The molecule has 0 spiro atoms. The maximum Gasteiger partial charge on any atom is 0.250 e. The van der Waals surface area contributed by atoms with Gasteiger partial charge in [0, 0.05) is 109 Å². The highest BCUT2D eigenvalue weighted by Gasteiger charge is 2.26. The van der Waals surface area contributed by atoms with Crippen LogP contribution in [0.25, 0.3) is 17.1 Å². The molecule has 3 aliphatic heterocycles. The van der Waals surface area contributed by atoms with Crippen LogP contribution < -0.4 is 14.7 Å². The van der Waals surface area contributed by atoms with Gasteiger partial charge in [0.2, 0.25) is 17.8 Å². The van der Waals surface area contributed by atoms with E-state index in [1.165, 1.54) is 20.8 Å². The lowest BCUT2D eigenvalue weighted by molar-refractivity contribution is 0.208. The summed E-state index contributed by atoms with van der Waals surface area (Å²) in [6.45, 7) is 39.9. The number of tetrazole rings is 3. The Morgan fingerprint density at radius 1 is 0.325 bits per heavy atom. The first kappa shape index (κ1) is 60.4. The Morgan fingerprint density at radius 2 is 0.506 bits per heavy atom. The van der Waals surface area contributed by atoms with Gasteiger partial charge in [-0.25, -0.2) is 0 Å². The molecule has 3 aromatic heterocycles. The third-order valence-electron chi connectivity index (χ3n) is 11.3. The van der Waals surface area contributed by atoms with Crippen molar-refractivity contribution in [3.05, 3.63) is 91.0 Å². The summed E-state index contributed by atoms with van der Waals surface area (Å²) >= 11 is 0. The van der Waals surface area contributed by atoms with Gasteiger partial charge >= 0.3 is 0 Å². The second-order valence-electron chi connectivity index (χ2n) is 16.0. The molecule has 9 rings (SSSR count). The number of hydrogen-bond acceptors (Lipinski definition) is 15. The van der Waals surface area contributed by atoms with Crippen LogP contribution in [0.2, 0.25) is 0 Å². The van der Waals surface area contributed by atoms with E-state index in [1.54, 1.807) is 0 Å². The zero-order valence-electron chi connectivity index (χ0n) is 57.4. The van der Waals surface area contributed by atoms with Crippen molar-refractivity contribution in [2.75, 3.05) is 93.2 Å². The predicted octanol–water partition coefficient (Wildman–Crippen LogP) is 12.7. The lowest BCUT2D eigenvalue weighted by Gasteiger charge is -2.36. The van der Waals surface area contributed by atoms with Gasteiger partial charge in [-0.1, -0.05) is 189 Å². The normalized spacial score (nSPS) is 15.9. The molecule has 0 unspecified atom stereocenters. The van der Waals surface area contributed by atoms with E-state index in [0.717, 1.165) is 113 Å². The monoisotopic (exact) mass is 1080 g/mol. The highest BCUT2D eigenvalue weighted by atomic mass is 15.6. The summed E-state index contributed by atoms with van der Waals surface area (Å²) in [6, 6.07) is 31.9. The summed E-state index contributed by atoms with van der Waals surface area (Å²) in [4.78, 5) is 14.2. The van der Waals surface area contributed by atoms with Crippen molar-refractivity contribution in [2.24, 2.45) is 0 Å². The predicted molar refractivity (Wildman–Crippen MR) is 334 cm³/mol. The topological polar surface area (TPSA) is 150 Å². The number of anilines is 3. The Balaban J connectivity index is -0.000000490. The number of rotatable bonds is 9. The zero-order valence-corrected chi connectivity index (χ0v) is 48.4. The van der Waals surface area contributed by atoms with Crippen LogP contribution in [0.15, 0.2) is 91.0 Å². The van der Waals surface area contributed by atoms with Crippen molar-refractivity contribution in [1.29, 1.82) is 0 Å². The van der Waals surface area contributed by atoms with Crippen molar-refractivity contribution < 1.29 is 12.3 Å². The van der Waals surface area contributed by atoms with Gasteiger partial charge in [-0.3, -0.25) is 14.7 Å². The summed E-state index contributed by atoms with van der Waals surface area (Å²) in [7, 11) is 0. The smallest absolute Gasteiger partial charge is 0.250 e. The van der Waals surface area contributed by atoms with E-state index in [4.69, 9.17) is 12.3 Å². The third-order valence-corrected chi connectivity index (χ3v) is 11.3. The van der Waals surface area contributed by atoms with Crippen LogP contribution >= 0.6 is 0 Å². The molecule has 440 valence electrons. The van der Waals surface area contributed by atoms with E-state index in [2.05, 4.69) is 118 Å². The van der Waals surface area contributed by atoms with Gasteiger partial charge in [0.1, 0.15) is 0 Å². The van der Waals surface area contributed by atoms with Crippen molar-refractivity contribution >= 4 is 17.8 Å². The molecule has 0 atom stereocenters. The second-order valence-corrected chi connectivity index (χ2v) is 16.0. The Hall–Kier alpha value is -5.85. The molecule has 18 nitrogen and oxygen atoms in total. The van der Waals surface area contributed by atoms with Crippen LogP contribution in [0.5, 0.6) is 0 Å². The Bertz CT molecular complexity index is 2160. The van der Waals surface area contributed by atoms with E-state index in [-0.39, 0.29) is 22.3 Å². The van der Waals surface area contributed by atoms with Crippen molar-refractivity contribution in [3.8, 4) is 17.1 Å². The van der Waals surface area contributed by atoms with Crippen LogP contribution in [-0.2, 0) is 0 Å². The molecule has 3 aromatic carbocycles. The fraction of sp³-hybridized carbons (Fsp3) is 0.644. The standard InChI is InChI=1S/3C14H20N6.7C2H6.3CH4/c3*1-12(2)18-8-10-19(11-9-18)14-15-16-17-20(14)13-6-4-3-5-7-13;7*1-2;;;/h3*3-7,12H,8-11H2,1-2H3;7*1-2H3;3*1H4/i;;;3*1D3;;;;;;;. The first-order valence-electron chi connectivity index (χ1n) is 31.2. The lowest BCUT2D eigenvalue weighted by atomic mass is 10.2. The Kier molecular flexibility index (Phi) is 37.1. The van der Waals surface area contributed by atoms with Gasteiger partial charge in [0.15, 0.2) is 0 Å². The highest BCUT2D eigenvalue weighted by Crippen LogP contribution is 2.20. The molecule has 0 aliphatic carbocycles. The first-order valence-corrected chi connectivity index (χ1v) is 26.7. The quantitative estimate of drug-likeness (QED) is 0.135. The first-order chi connectivity index (χ1) is 39.3. The summed E-state index contributed by atoms with van der Waals surface area (Å²) in [6.07, 6.45) is 0. The Morgan fingerprint density at radius 3 is 0.675 bits per heavy atom. The van der Waals surface area contributed by atoms with E-state index in [1.807, 2.05) is 160 Å². The average molecular weight is 1080 g/mol. The summed E-state index contributed by atoms with van der Waals surface area (Å²) in [5, 5.41) is 36.4. The molecule has 0 N–H and O–H groups in total. The molecule has 18 heteroatoms. The zero-order chi connectivity index (χ0) is 63.3. The fourth-order valence-electron chi connectivity index (χ4n) is 7.66. The third kappa shape index (κ3) is 25.0. The fourth-order valence-corrected chi connectivity index (χ4v) is 7.66.